The monoisotopic (exact) mass is 309 g/mol. The molecule has 0 bridgehead atoms. The highest BCUT2D eigenvalue weighted by Gasteiger charge is 2.19. The molecule has 1 aromatic carbocycles. The number of sulfonamides is 1. The van der Waals surface area contributed by atoms with E-state index >= 15 is 0 Å². The van der Waals surface area contributed by atoms with E-state index in [1.54, 1.807) is 13.2 Å². The molecule has 0 fully saturated rings. The van der Waals surface area contributed by atoms with Gasteiger partial charge in [0.1, 0.15) is 0 Å². The number of anilines is 1. The molecule has 21 heavy (non-hydrogen) atoms. The summed E-state index contributed by atoms with van der Waals surface area (Å²) in [6, 6.07) is 5.56. The van der Waals surface area contributed by atoms with Crippen LogP contribution in [0.5, 0.6) is 0 Å². The van der Waals surface area contributed by atoms with E-state index < -0.39 is 16.0 Å². The summed E-state index contributed by atoms with van der Waals surface area (Å²) in [5, 5.41) is 13.1. The predicted molar refractivity (Wildman–Crippen MR) is 76.8 cm³/mol. The Kier molecular flexibility index (Phi) is 3.99. The summed E-state index contributed by atoms with van der Waals surface area (Å²) in [6.45, 7) is 1.81. The quantitative estimate of drug-likeness (QED) is 0.871. The van der Waals surface area contributed by atoms with Gasteiger partial charge in [-0.15, -0.1) is 0 Å². The second-order valence-corrected chi connectivity index (χ2v) is 6.14. The van der Waals surface area contributed by atoms with Gasteiger partial charge in [0.25, 0.3) is 10.0 Å². The predicted octanol–water partition coefficient (Wildman–Crippen LogP) is 1.48. The Morgan fingerprint density at radius 3 is 2.62 bits per heavy atom. The van der Waals surface area contributed by atoms with Gasteiger partial charge in [0.05, 0.1) is 10.5 Å². The molecular weight excluding hydrogens is 294 g/mol. The van der Waals surface area contributed by atoms with Gasteiger partial charge >= 0.3 is 5.97 Å². The normalized spacial score (nSPS) is 11.3. The number of nitrogens with one attached hydrogen (secondary N) is 1. The molecule has 0 aliphatic rings. The summed E-state index contributed by atoms with van der Waals surface area (Å²) in [6.07, 6.45) is 2.11. The number of aromatic nitrogens is 2. The van der Waals surface area contributed by atoms with E-state index in [-0.39, 0.29) is 16.3 Å². The molecule has 8 heteroatoms. The minimum Gasteiger partial charge on any atom is -0.478 e. The number of rotatable bonds is 5. The topological polar surface area (TPSA) is 101 Å². The molecule has 0 aliphatic carbocycles. The van der Waals surface area contributed by atoms with Crippen LogP contribution in [0.15, 0.2) is 35.4 Å². The van der Waals surface area contributed by atoms with Crippen molar-refractivity contribution < 1.29 is 18.3 Å². The van der Waals surface area contributed by atoms with Crippen LogP contribution in [-0.4, -0.2) is 29.3 Å². The minimum atomic E-state index is -3.87. The van der Waals surface area contributed by atoms with Crippen LogP contribution in [-0.2, 0) is 23.5 Å². The zero-order chi connectivity index (χ0) is 15.6. The highest BCUT2D eigenvalue weighted by atomic mass is 32.2. The molecule has 0 aliphatic heterocycles. The lowest BCUT2D eigenvalue weighted by atomic mass is 10.1. The van der Waals surface area contributed by atoms with E-state index in [1.807, 2.05) is 6.92 Å². The number of carbonyl (C=O) groups is 1. The highest BCUT2D eigenvalue weighted by molar-refractivity contribution is 7.92. The number of carboxylic acid groups (broad SMARTS) is 1. The van der Waals surface area contributed by atoms with Gasteiger partial charge in [-0.05, 0) is 24.1 Å². The zero-order valence-corrected chi connectivity index (χ0v) is 12.4. The lowest BCUT2D eigenvalue weighted by molar-refractivity contribution is 0.0695. The van der Waals surface area contributed by atoms with Crippen molar-refractivity contribution in [2.75, 3.05) is 4.72 Å². The number of carboxylic acids is 1. The summed E-state index contributed by atoms with van der Waals surface area (Å²) in [5.74, 6) is -0.976. The first-order valence-corrected chi connectivity index (χ1v) is 7.70. The van der Waals surface area contributed by atoms with E-state index in [0.29, 0.717) is 12.0 Å². The van der Waals surface area contributed by atoms with Gasteiger partial charge in [0, 0.05) is 19.3 Å². The first-order valence-electron chi connectivity index (χ1n) is 6.22. The Bertz CT molecular complexity index is 780. The summed E-state index contributed by atoms with van der Waals surface area (Å²) in [5.41, 5.74) is 0.570. The summed E-state index contributed by atoms with van der Waals surface area (Å²) < 4.78 is 28.2. The third-order valence-corrected chi connectivity index (χ3v) is 4.31. The molecule has 0 atom stereocenters. The number of benzene rings is 1. The van der Waals surface area contributed by atoms with Crippen molar-refractivity contribution in [1.29, 1.82) is 0 Å². The third-order valence-electron chi connectivity index (χ3n) is 2.96. The fourth-order valence-corrected chi connectivity index (χ4v) is 2.92. The average molecular weight is 309 g/mol. The fourth-order valence-electron chi connectivity index (χ4n) is 1.90. The Morgan fingerprint density at radius 1 is 1.38 bits per heavy atom. The lowest BCUT2D eigenvalue weighted by Crippen LogP contribution is -2.15. The maximum Gasteiger partial charge on any atom is 0.336 e. The Balaban J connectivity index is 2.40. The smallest absolute Gasteiger partial charge is 0.336 e. The fraction of sp³-hybridized carbons (Fsp3) is 0.231. The Labute approximate surface area is 122 Å². The number of hydrogen-bond donors (Lipinski definition) is 2. The van der Waals surface area contributed by atoms with E-state index in [1.165, 1.54) is 22.9 Å². The van der Waals surface area contributed by atoms with Gasteiger partial charge in [0.15, 0.2) is 5.82 Å². The van der Waals surface area contributed by atoms with Crippen molar-refractivity contribution in [2.45, 2.75) is 18.2 Å². The first-order chi connectivity index (χ1) is 9.83. The molecule has 0 unspecified atom stereocenters. The second kappa shape index (κ2) is 5.57. The molecule has 1 heterocycles. The maximum absolute atomic E-state index is 12.2. The van der Waals surface area contributed by atoms with Crippen LogP contribution in [0.4, 0.5) is 5.82 Å². The molecule has 2 rings (SSSR count). The van der Waals surface area contributed by atoms with Crippen LogP contribution in [0, 0.1) is 0 Å². The maximum atomic E-state index is 12.2. The van der Waals surface area contributed by atoms with Gasteiger partial charge in [-0.25, -0.2) is 13.2 Å². The standard InChI is InChI=1S/C13H15N3O4S/c1-3-9-4-5-10(8-11(9)13(17)18)21(19,20)15-12-6-7-16(2)14-12/h4-8H,3H2,1-2H3,(H,14,15)(H,17,18). The SMILES string of the molecule is CCc1ccc(S(=O)(=O)Nc2ccn(C)n2)cc1C(=O)O. The molecule has 0 spiro atoms. The van der Waals surface area contributed by atoms with Crippen LogP contribution >= 0.6 is 0 Å². The largest absolute Gasteiger partial charge is 0.478 e. The Morgan fingerprint density at radius 2 is 2.10 bits per heavy atom. The molecule has 0 saturated heterocycles. The van der Waals surface area contributed by atoms with E-state index in [0.717, 1.165) is 6.07 Å². The van der Waals surface area contributed by atoms with Crippen molar-refractivity contribution in [3.05, 3.63) is 41.6 Å². The molecule has 1 aromatic heterocycles. The lowest BCUT2D eigenvalue weighted by Gasteiger charge is -2.09. The van der Waals surface area contributed by atoms with Crippen molar-refractivity contribution in [2.24, 2.45) is 7.05 Å². The summed E-state index contributed by atoms with van der Waals surface area (Å²) in [7, 11) is -2.21. The first kappa shape index (κ1) is 15.0. The second-order valence-electron chi connectivity index (χ2n) is 4.46. The van der Waals surface area contributed by atoms with Crippen LogP contribution in [0.25, 0.3) is 0 Å². The van der Waals surface area contributed by atoms with Crippen molar-refractivity contribution >= 4 is 21.8 Å². The minimum absolute atomic E-state index is 0.0126. The van der Waals surface area contributed by atoms with Crippen molar-refractivity contribution in [1.82, 2.24) is 9.78 Å². The number of aromatic carboxylic acids is 1. The van der Waals surface area contributed by atoms with E-state index in [9.17, 15) is 13.2 Å². The van der Waals surface area contributed by atoms with Gasteiger partial charge in [0.2, 0.25) is 0 Å². The highest BCUT2D eigenvalue weighted by Crippen LogP contribution is 2.19. The van der Waals surface area contributed by atoms with E-state index in [2.05, 4.69) is 9.82 Å². The van der Waals surface area contributed by atoms with Gasteiger partial charge in [-0.1, -0.05) is 13.0 Å². The molecule has 0 amide bonds. The van der Waals surface area contributed by atoms with Crippen LogP contribution in [0.3, 0.4) is 0 Å². The molecule has 2 N–H and O–H groups in total. The molecule has 0 radical (unpaired) electrons. The molecular formula is C13H15N3O4S. The Hall–Kier alpha value is -2.35. The van der Waals surface area contributed by atoms with E-state index in [4.69, 9.17) is 5.11 Å². The van der Waals surface area contributed by atoms with Gasteiger partial charge < -0.3 is 5.11 Å². The van der Waals surface area contributed by atoms with Crippen LogP contribution in [0.2, 0.25) is 0 Å². The van der Waals surface area contributed by atoms with Crippen molar-refractivity contribution in [3.63, 3.8) is 0 Å². The summed E-state index contributed by atoms with van der Waals surface area (Å²) >= 11 is 0. The summed E-state index contributed by atoms with van der Waals surface area (Å²) in [4.78, 5) is 11.1. The number of aryl methyl sites for hydroxylation is 2. The molecule has 0 saturated carbocycles. The van der Waals surface area contributed by atoms with Gasteiger partial charge in [-0.3, -0.25) is 9.40 Å². The average Bonchev–Trinajstić information content (AvgIpc) is 2.82. The third kappa shape index (κ3) is 3.22. The van der Waals surface area contributed by atoms with Crippen LogP contribution < -0.4 is 4.72 Å². The number of nitrogens with zero attached hydrogens (tertiary/aromatic N) is 2. The molecule has 7 nitrogen and oxygen atoms in total. The van der Waals surface area contributed by atoms with Gasteiger partial charge in [-0.2, -0.15) is 5.10 Å². The van der Waals surface area contributed by atoms with Crippen LogP contribution in [0.1, 0.15) is 22.8 Å². The number of hydrogen-bond acceptors (Lipinski definition) is 4. The van der Waals surface area contributed by atoms with Crippen molar-refractivity contribution in [3.8, 4) is 0 Å². The zero-order valence-electron chi connectivity index (χ0n) is 11.6. The molecule has 112 valence electrons. The molecule has 2 aromatic rings.